The van der Waals surface area contributed by atoms with Gasteiger partial charge in [0.25, 0.3) is 5.69 Å². The number of carbonyl (C=O) groups excluding carboxylic acids is 1. The number of hydrogen-bond donors (Lipinski definition) is 2. The van der Waals surface area contributed by atoms with Gasteiger partial charge < -0.3 is 5.11 Å². The highest BCUT2D eigenvalue weighted by atomic mass is 16.6. The predicted octanol–water partition coefficient (Wildman–Crippen LogP) is 0.520. The van der Waals surface area contributed by atoms with Crippen LogP contribution in [0.25, 0.3) is 0 Å². The van der Waals surface area contributed by atoms with E-state index in [4.69, 9.17) is 10.9 Å². The summed E-state index contributed by atoms with van der Waals surface area (Å²) in [7, 11) is 0. The zero-order valence-electron chi connectivity index (χ0n) is 8.78. The molecule has 0 saturated carbocycles. The number of amides is 1. The summed E-state index contributed by atoms with van der Waals surface area (Å²) in [5, 5.41) is 20.0. The van der Waals surface area contributed by atoms with Gasteiger partial charge in [-0.3, -0.25) is 14.9 Å². The number of nitro benzene ring substituents is 1. The molecule has 17 heavy (non-hydrogen) atoms. The lowest BCUT2D eigenvalue weighted by Gasteiger charge is -2.14. The lowest BCUT2D eigenvalue weighted by Crippen LogP contribution is -2.35. The van der Waals surface area contributed by atoms with Crippen molar-refractivity contribution in [3.05, 3.63) is 33.9 Å². The van der Waals surface area contributed by atoms with Crippen LogP contribution < -0.4 is 10.9 Å². The van der Waals surface area contributed by atoms with Gasteiger partial charge in [0.05, 0.1) is 10.5 Å². The number of carbonyl (C=O) groups is 2. The molecule has 8 heteroatoms. The maximum Gasteiger partial charge on any atom is 0.335 e. The molecule has 3 N–H and O–H groups in total. The Morgan fingerprint density at radius 2 is 2.06 bits per heavy atom. The van der Waals surface area contributed by atoms with Crippen LogP contribution in [-0.2, 0) is 4.79 Å². The highest BCUT2D eigenvalue weighted by molar-refractivity contribution is 5.95. The van der Waals surface area contributed by atoms with Crippen LogP contribution in [-0.4, -0.2) is 21.9 Å². The zero-order valence-corrected chi connectivity index (χ0v) is 8.78. The van der Waals surface area contributed by atoms with E-state index in [2.05, 4.69) is 0 Å². The fraction of sp³-hybridized carbons (Fsp3) is 0.111. The highest BCUT2D eigenvalue weighted by Crippen LogP contribution is 2.27. The molecule has 0 aromatic heterocycles. The van der Waals surface area contributed by atoms with Crippen LogP contribution in [0.5, 0.6) is 0 Å². The maximum absolute atomic E-state index is 11.0. The average Bonchev–Trinajstić information content (AvgIpc) is 2.26. The van der Waals surface area contributed by atoms with E-state index in [0.29, 0.717) is 5.01 Å². The van der Waals surface area contributed by atoms with Gasteiger partial charge in [-0.2, -0.15) is 0 Å². The Bertz CT molecular complexity index is 499. The number of hydrogen-bond acceptors (Lipinski definition) is 5. The molecule has 0 atom stereocenters. The van der Waals surface area contributed by atoms with Crippen LogP contribution in [0.3, 0.4) is 0 Å². The third kappa shape index (κ3) is 2.55. The quantitative estimate of drug-likeness (QED) is 0.342. The van der Waals surface area contributed by atoms with Crippen molar-refractivity contribution in [3.63, 3.8) is 0 Å². The van der Waals surface area contributed by atoms with Crippen molar-refractivity contribution >= 4 is 23.3 Å². The fourth-order valence-electron chi connectivity index (χ4n) is 1.18. The monoisotopic (exact) mass is 239 g/mol. The minimum absolute atomic E-state index is 0.160. The maximum atomic E-state index is 11.0. The zero-order chi connectivity index (χ0) is 13.2. The van der Waals surface area contributed by atoms with Crippen molar-refractivity contribution in [1.82, 2.24) is 0 Å². The second kappa shape index (κ2) is 4.58. The van der Waals surface area contributed by atoms with E-state index in [-0.39, 0.29) is 11.3 Å². The molecule has 0 spiro atoms. The standard InChI is InChI=1S/C9H9N3O5/c1-5(13)11(10)7-3-2-6(9(14)15)4-8(7)12(16)17/h2-4H,10H2,1H3,(H,14,15). The van der Waals surface area contributed by atoms with E-state index in [1.165, 1.54) is 0 Å². The number of rotatable bonds is 3. The normalized spacial score (nSPS) is 9.76. The van der Waals surface area contributed by atoms with Gasteiger partial charge in [-0.15, -0.1) is 0 Å². The van der Waals surface area contributed by atoms with Gasteiger partial charge in [0.2, 0.25) is 5.91 Å². The summed E-state index contributed by atoms with van der Waals surface area (Å²) in [5.74, 6) is 3.43. The van der Waals surface area contributed by atoms with Gasteiger partial charge in [-0.25, -0.2) is 15.6 Å². The molecule has 1 rings (SSSR count). The van der Waals surface area contributed by atoms with Crippen molar-refractivity contribution in [2.24, 2.45) is 5.84 Å². The average molecular weight is 239 g/mol. The fourth-order valence-corrected chi connectivity index (χ4v) is 1.18. The van der Waals surface area contributed by atoms with E-state index in [1.54, 1.807) is 0 Å². The molecule has 0 heterocycles. The van der Waals surface area contributed by atoms with E-state index in [0.717, 1.165) is 25.1 Å². The Morgan fingerprint density at radius 1 is 1.47 bits per heavy atom. The largest absolute Gasteiger partial charge is 0.478 e. The lowest BCUT2D eigenvalue weighted by molar-refractivity contribution is -0.384. The molecular formula is C9H9N3O5. The summed E-state index contributed by atoms with van der Waals surface area (Å²) in [5.41, 5.74) is -0.951. The number of nitrogens with two attached hydrogens (primary N) is 1. The van der Waals surface area contributed by atoms with E-state index >= 15 is 0 Å². The number of hydrazine groups is 1. The molecule has 1 aromatic carbocycles. The topological polar surface area (TPSA) is 127 Å². The van der Waals surface area contributed by atoms with E-state index in [1.807, 2.05) is 0 Å². The molecule has 1 aromatic rings. The number of carboxylic acids is 1. The van der Waals surface area contributed by atoms with Crippen molar-refractivity contribution < 1.29 is 19.6 Å². The summed E-state index contributed by atoms with van der Waals surface area (Å²) in [6, 6.07) is 3.09. The molecule has 1 amide bonds. The predicted molar refractivity (Wildman–Crippen MR) is 57.4 cm³/mol. The molecular weight excluding hydrogens is 230 g/mol. The summed E-state index contributed by atoms with van der Waals surface area (Å²) >= 11 is 0. The van der Waals surface area contributed by atoms with Crippen LogP contribution in [0.2, 0.25) is 0 Å². The molecule has 0 bridgehead atoms. The molecule has 0 fully saturated rings. The minimum Gasteiger partial charge on any atom is -0.478 e. The first-order chi connectivity index (χ1) is 7.84. The molecule has 8 nitrogen and oxygen atoms in total. The Balaban J connectivity index is 3.37. The SMILES string of the molecule is CC(=O)N(N)c1ccc(C(=O)O)cc1[N+](=O)[O-]. The van der Waals surface area contributed by atoms with E-state index in [9.17, 15) is 19.7 Å². The van der Waals surface area contributed by atoms with Gasteiger partial charge in [0, 0.05) is 13.0 Å². The second-order valence-electron chi connectivity index (χ2n) is 3.15. The third-order valence-electron chi connectivity index (χ3n) is 2.02. The minimum atomic E-state index is -1.30. The van der Waals surface area contributed by atoms with Gasteiger partial charge in [0.15, 0.2) is 0 Å². The van der Waals surface area contributed by atoms with Crippen LogP contribution in [0, 0.1) is 10.1 Å². The van der Waals surface area contributed by atoms with Crippen LogP contribution in [0.4, 0.5) is 11.4 Å². The molecule has 90 valence electrons. The summed E-state index contributed by atoms with van der Waals surface area (Å²) in [6.45, 7) is 1.13. The molecule has 0 aliphatic heterocycles. The Kier molecular flexibility index (Phi) is 3.39. The van der Waals surface area contributed by atoms with E-state index < -0.39 is 22.5 Å². The number of nitro groups is 1. The van der Waals surface area contributed by atoms with Crippen LogP contribution in [0.1, 0.15) is 17.3 Å². The van der Waals surface area contributed by atoms with Gasteiger partial charge in [-0.05, 0) is 12.1 Å². The van der Waals surface area contributed by atoms with Crippen molar-refractivity contribution in [1.29, 1.82) is 0 Å². The molecule has 0 radical (unpaired) electrons. The van der Waals surface area contributed by atoms with Crippen molar-refractivity contribution in [2.75, 3.05) is 5.01 Å². The van der Waals surface area contributed by atoms with Crippen molar-refractivity contribution in [3.8, 4) is 0 Å². The number of benzene rings is 1. The third-order valence-corrected chi connectivity index (χ3v) is 2.02. The van der Waals surface area contributed by atoms with Gasteiger partial charge in [-0.1, -0.05) is 0 Å². The van der Waals surface area contributed by atoms with Crippen LogP contribution >= 0.6 is 0 Å². The summed E-state index contributed by atoms with van der Waals surface area (Å²) in [4.78, 5) is 31.6. The molecule has 0 saturated heterocycles. The first-order valence-corrected chi connectivity index (χ1v) is 4.41. The number of nitrogens with zero attached hydrogens (tertiary/aromatic N) is 2. The van der Waals surface area contributed by atoms with Gasteiger partial charge in [0.1, 0.15) is 5.69 Å². The first-order valence-electron chi connectivity index (χ1n) is 4.41. The second-order valence-corrected chi connectivity index (χ2v) is 3.15. The Hall–Kier alpha value is -2.48. The molecule has 0 unspecified atom stereocenters. The number of aromatic carboxylic acids is 1. The first kappa shape index (κ1) is 12.6. The number of carboxylic acid groups (broad SMARTS) is 1. The smallest absolute Gasteiger partial charge is 0.335 e. The molecule has 0 aliphatic carbocycles. The molecule has 0 aliphatic rings. The summed E-state index contributed by atoms with van der Waals surface area (Å²) < 4.78 is 0. The van der Waals surface area contributed by atoms with Crippen LogP contribution in [0.15, 0.2) is 18.2 Å². The Labute approximate surface area is 95.4 Å². The Morgan fingerprint density at radius 3 is 2.47 bits per heavy atom. The van der Waals surface area contributed by atoms with Crippen molar-refractivity contribution in [2.45, 2.75) is 6.92 Å². The number of anilines is 1. The summed E-state index contributed by atoms with van der Waals surface area (Å²) in [6.07, 6.45) is 0. The van der Waals surface area contributed by atoms with Gasteiger partial charge >= 0.3 is 5.97 Å². The highest BCUT2D eigenvalue weighted by Gasteiger charge is 2.22. The lowest BCUT2D eigenvalue weighted by atomic mass is 10.1.